The molecule has 1 fully saturated rings. The zero-order valence-corrected chi connectivity index (χ0v) is 18.7. The van der Waals surface area contributed by atoms with Gasteiger partial charge in [0.25, 0.3) is 11.7 Å². The van der Waals surface area contributed by atoms with E-state index in [1.54, 1.807) is 54.7 Å². The van der Waals surface area contributed by atoms with Crippen LogP contribution in [0, 0.1) is 6.92 Å². The molecule has 4 rings (SSSR count). The summed E-state index contributed by atoms with van der Waals surface area (Å²) in [6.45, 7) is 1.84. The number of hydrogen-bond donors (Lipinski definition) is 1. The van der Waals surface area contributed by atoms with E-state index in [2.05, 4.69) is 4.98 Å². The number of carbonyl (C=O) groups is 2. The van der Waals surface area contributed by atoms with E-state index in [0.717, 1.165) is 5.56 Å². The highest BCUT2D eigenvalue weighted by molar-refractivity contribution is 6.52. The number of aliphatic hydroxyl groups is 1. The van der Waals surface area contributed by atoms with E-state index < -0.39 is 23.5 Å². The monoisotopic (exact) mass is 468 g/mol. The molecule has 0 saturated carbocycles. The minimum atomic E-state index is -0.973. The van der Waals surface area contributed by atoms with Crippen LogP contribution in [0.1, 0.15) is 22.9 Å². The molecule has 0 radical (unpaired) electrons. The van der Waals surface area contributed by atoms with E-state index in [0.29, 0.717) is 27.2 Å². The Morgan fingerprint density at radius 1 is 1.09 bits per heavy atom. The van der Waals surface area contributed by atoms with Crippen LogP contribution in [0.3, 0.4) is 0 Å². The number of carbonyl (C=O) groups excluding carboxylic acids is 2. The molecular weight excluding hydrogens is 451 g/mol. The predicted octanol–water partition coefficient (Wildman–Crippen LogP) is 5.33. The van der Waals surface area contributed by atoms with E-state index in [-0.39, 0.29) is 11.1 Å². The average molecular weight is 469 g/mol. The standard InChI is InChI=1S/C24H18Cl2N2O4/c1-13-6-8-15(12-17(13)26)28-21(18-5-3-4-10-27-18)20(23(30)24(28)31)22(29)16-11-14(25)7-9-19(16)32-2/h3-12,21,29H,1-2H3/b22-20+. The number of aromatic nitrogens is 1. The van der Waals surface area contributed by atoms with Crippen LogP contribution in [0.25, 0.3) is 5.76 Å². The summed E-state index contributed by atoms with van der Waals surface area (Å²) >= 11 is 12.4. The van der Waals surface area contributed by atoms with Crippen molar-refractivity contribution in [2.45, 2.75) is 13.0 Å². The van der Waals surface area contributed by atoms with Crippen molar-refractivity contribution in [1.82, 2.24) is 4.98 Å². The Morgan fingerprint density at radius 2 is 1.88 bits per heavy atom. The van der Waals surface area contributed by atoms with Gasteiger partial charge in [-0.3, -0.25) is 19.5 Å². The Kier molecular flexibility index (Phi) is 5.91. The zero-order chi connectivity index (χ0) is 23.0. The van der Waals surface area contributed by atoms with Gasteiger partial charge in [-0.25, -0.2) is 0 Å². The number of methoxy groups -OCH3 is 1. The van der Waals surface area contributed by atoms with Gasteiger partial charge in [0.2, 0.25) is 0 Å². The molecular formula is C24H18Cl2N2O4. The third-order valence-electron chi connectivity index (χ3n) is 5.26. The van der Waals surface area contributed by atoms with Crippen molar-refractivity contribution in [3.05, 3.63) is 93.2 Å². The fourth-order valence-corrected chi connectivity index (χ4v) is 4.01. The van der Waals surface area contributed by atoms with Crippen LogP contribution in [0.2, 0.25) is 10.0 Å². The van der Waals surface area contributed by atoms with Gasteiger partial charge in [-0.05, 0) is 55.0 Å². The Balaban J connectivity index is 1.98. The van der Waals surface area contributed by atoms with Crippen LogP contribution < -0.4 is 9.64 Å². The molecule has 6 nitrogen and oxygen atoms in total. The number of aryl methyl sites for hydroxylation is 1. The second kappa shape index (κ2) is 8.65. The fourth-order valence-electron chi connectivity index (χ4n) is 3.66. The number of aliphatic hydroxyl groups excluding tert-OH is 1. The molecule has 1 unspecified atom stereocenters. The van der Waals surface area contributed by atoms with Crippen molar-refractivity contribution in [3.63, 3.8) is 0 Å². The molecule has 1 amide bonds. The molecule has 1 N–H and O–H groups in total. The summed E-state index contributed by atoms with van der Waals surface area (Å²) in [7, 11) is 1.43. The molecule has 2 aromatic carbocycles. The van der Waals surface area contributed by atoms with Gasteiger partial charge in [-0.1, -0.05) is 35.3 Å². The summed E-state index contributed by atoms with van der Waals surface area (Å²) in [6.07, 6.45) is 1.55. The van der Waals surface area contributed by atoms with Gasteiger partial charge in [-0.15, -0.1) is 0 Å². The van der Waals surface area contributed by atoms with Gasteiger partial charge in [0.05, 0.1) is 23.9 Å². The number of rotatable bonds is 4. The van der Waals surface area contributed by atoms with E-state index >= 15 is 0 Å². The Bertz CT molecular complexity index is 1260. The first kappa shape index (κ1) is 21.9. The fraction of sp³-hybridized carbons (Fsp3) is 0.125. The van der Waals surface area contributed by atoms with Gasteiger partial charge in [0, 0.05) is 21.9 Å². The van der Waals surface area contributed by atoms with Crippen molar-refractivity contribution in [2.24, 2.45) is 0 Å². The van der Waals surface area contributed by atoms with Crippen LogP contribution in [-0.2, 0) is 9.59 Å². The Hall–Kier alpha value is -3.35. The molecule has 1 aliphatic heterocycles. The number of hydrogen-bond acceptors (Lipinski definition) is 5. The number of Topliss-reactive ketones (excluding diaryl/α,β-unsaturated/α-hetero) is 1. The van der Waals surface area contributed by atoms with Gasteiger partial charge in [-0.2, -0.15) is 0 Å². The molecule has 0 bridgehead atoms. The molecule has 0 aliphatic carbocycles. The van der Waals surface area contributed by atoms with E-state index in [4.69, 9.17) is 27.9 Å². The number of amides is 1. The predicted molar refractivity (Wildman–Crippen MR) is 123 cm³/mol. The molecule has 1 atom stereocenters. The lowest BCUT2D eigenvalue weighted by molar-refractivity contribution is -0.132. The maximum absolute atomic E-state index is 13.2. The lowest BCUT2D eigenvalue weighted by Crippen LogP contribution is -2.29. The van der Waals surface area contributed by atoms with Crippen LogP contribution in [-0.4, -0.2) is 28.9 Å². The van der Waals surface area contributed by atoms with Gasteiger partial charge < -0.3 is 9.84 Å². The molecule has 1 aromatic heterocycles. The quantitative estimate of drug-likeness (QED) is 0.317. The van der Waals surface area contributed by atoms with Gasteiger partial charge >= 0.3 is 0 Å². The third kappa shape index (κ3) is 3.72. The van der Waals surface area contributed by atoms with Crippen molar-refractivity contribution in [2.75, 3.05) is 12.0 Å². The molecule has 2 heterocycles. The summed E-state index contributed by atoms with van der Waals surface area (Å²) < 4.78 is 5.33. The minimum absolute atomic E-state index is 0.119. The number of nitrogens with zero attached hydrogens (tertiary/aromatic N) is 2. The SMILES string of the molecule is COc1ccc(Cl)cc1/C(O)=C1\C(=O)C(=O)N(c2ccc(C)c(Cl)c2)C1c1ccccn1. The maximum Gasteiger partial charge on any atom is 0.300 e. The largest absolute Gasteiger partial charge is 0.507 e. The maximum atomic E-state index is 13.2. The lowest BCUT2D eigenvalue weighted by atomic mass is 9.97. The van der Waals surface area contributed by atoms with Gasteiger partial charge in [0.1, 0.15) is 17.6 Å². The normalized spacial score (nSPS) is 17.6. The molecule has 3 aromatic rings. The second-order valence-electron chi connectivity index (χ2n) is 7.20. The molecule has 8 heteroatoms. The highest BCUT2D eigenvalue weighted by atomic mass is 35.5. The molecule has 162 valence electrons. The number of halogens is 2. The number of ether oxygens (including phenoxy) is 1. The van der Waals surface area contributed by atoms with Gasteiger partial charge in [0.15, 0.2) is 0 Å². The second-order valence-corrected chi connectivity index (χ2v) is 8.05. The number of benzene rings is 2. The number of ketones is 1. The van der Waals surface area contributed by atoms with Crippen molar-refractivity contribution < 1.29 is 19.4 Å². The van der Waals surface area contributed by atoms with E-state index in [9.17, 15) is 14.7 Å². The molecule has 32 heavy (non-hydrogen) atoms. The Morgan fingerprint density at radius 3 is 2.53 bits per heavy atom. The molecule has 1 saturated heterocycles. The lowest BCUT2D eigenvalue weighted by Gasteiger charge is -2.25. The third-order valence-corrected chi connectivity index (χ3v) is 5.90. The highest BCUT2D eigenvalue weighted by Gasteiger charge is 2.48. The minimum Gasteiger partial charge on any atom is -0.507 e. The molecule has 0 spiro atoms. The smallest absolute Gasteiger partial charge is 0.300 e. The molecule has 1 aliphatic rings. The van der Waals surface area contributed by atoms with Crippen LogP contribution in [0.4, 0.5) is 5.69 Å². The number of anilines is 1. The summed E-state index contributed by atoms with van der Waals surface area (Å²) in [5.74, 6) is -1.75. The average Bonchev–Trinajstić information content (AvgIpc) is 3.06. The first-order valence-corrected chi connectivity index (χ1v) is 10.4. The number of pyridine rings is 1. The van der Waals surface area contributed by atoms with E-state index in [1.807, 2.05) is 6.92 Å². The summed E-state index contributed by atoms with van der Waals surface area (Å²) in [5, 5.41) is 12.0. The van der Waals surface area contributed by atoms with Crippen LogP contribution in [0.5, 0.6) is 5.75 Å². The summed E-state index contributed by atoms with van der Waals surface area (Å²) in [4.78, 5) is 32.0. The zero-order valence-electron chi connectivity index (χ0n) is 17.2. The van der Waals surface area contributed by atoms with Crippen LogP contribution in [0.15, 0.2) is 66.4 Å². The van der Waals surface area contributed by atoms with Crippen LogP contribution >= 0.6 is 23.2 Å². The topological polar surface area (TPSA) is 79.7 Å². The first-order chi connectivity index (χ1) is 15.3. The highest BCUT2D eigenvalue weighted by Crippen LogP contribution is 2.43. The van der Waals surface area contributed by atoms with Crippen molar-refractivity contribution >= 4 is 46.3 Å². The first-order valence-electron chi connectivity index (χ1n) is 9.65. The summed E-state index contributed by atoms with van der Waals surface area (Å²) in [6, 6.07) is 13.9. The Labute approximate surface area is 194 Å². The van der Waals surface area contributed by atoms with Crippen molar-refractivity contribution in [3.8, 4) is 5.75 Å². The van der Waals surface area contributed by atoms with Crippen molar-refractivity contribution in [1.29, 1.82) is 0 Å². The van der Waals surface area contributed by atoms with E-state index in [1.165, 1.54) is 18.1 Å². The summed E-state index contributed by atoms with van der Waals surface area (Å²) in [5.41, 5.74) is 1.72.